The van der Waals surface area contributed by atoms with Crippen molar-refractivity contribution in [3.05, 3.63) is 22.2 Å². The summed E-state index contributed by atoms with van der Waals surface area (Å²) in [6, 6.07) is 0. The molecular formula is C10H16Cl2OSi. The highest BCUT2D eigenvalue weighted by molar-refractivity contribution is 6.69. The molecule has 0 spiro atoms. The highest BCUT2D eigenvalue weighted by atomic mass is 35.5. The molecule has 0 aromatic rings. The number of hydrogen-bond acceptors (Lipinski definition) is 1. The van der Waals surface area contributed by atoms with Gasteiger partial charge in [0.25, 0.3) is 0 Å². The van der Waals surface area contributed by atoms with Gasteiger partial charge in [-0.1, -0.05) is 29.3 Å². The Morgan fingerprint density at radius 3 is 2.43 bits per heavy atom. The van der Waals surface area contributed by atoms with Crippen molar-refractivity contribution in [1.29, 1.82) is 0 Å². The quantitative estimate of drug-likeness (QED) is 0.683. The van der Waals surface area contributed by atoms with Crippen LogP contribution >= 0.6 is 23.2 Å². The van der Waals surface area contributed by atoms with Crippen molar-refractivity contribution >= 4 is 31.5 Å². The van der Waals surface area contributed by atoms with Crippen molar-refractivity contribution in [3.63, 3.8) is 0 Å². The van der Waals surface area contributed by atoms with E-state index >= 15 is 0 Å². The Hall–Kier alpha value is 0.237. The van der Waals surface area contributed by atoms with E-state index in [1.165, 1.54) is 0 Å². The Morgan fingerprint density at radius 1 is 1.36 bits per heavy atom. The molecule has 80 valence electrons. The van der Waals surface area contributed by atoms with Crippen LogP contribution < -0.4 is 0 Å². The van der Waals surface area contributed by atoms with Gasteiger partial charge in [0.15, 0.2) is 8.32 Å². The van der Waals surface area contributed by atoms with Crippen molar-refractivity contribution in [2.45, 2.75) is 26.1 Å². The Morgan fingerprint density at radius 2 is 2.00 bits per heavy atom. The maximum Gasteiger partial charge on any atom is 0.183 e. The number of halogens is 2. The first-order valence-electron chi connectivity index (χ1n) is 4.77. The summed E-state index contributed by atoms with van der Waals surface area (Å²) in [7, 11) is -1.38. The molecule has 0 aromatic carbocycles. The van der Waals surface area contributed by atoms with Gasteiger partial charge in [0.2, 0.25) is 0 Å². The lowest BCUT2D eigenvalue weighted by Gasteiger charge is -2.18. The fourth-order valence-electron chi connectivity index (χ4n) is 1.27. The van der Waals surface area contributed by atoms with Crippen LogP contribution in [0.5, 0.6) is 0 Å². The minimum atomic E-state index is -1.38. The molecule has 1 atom stereocenters. The Bertz CT molecular complexity index is 266. The molecule has 0 heterocycles. The molecule has 1 aliphatic rings. The summed E-state index contributed by atoms with van der Waals surface area (Å²) < 4.78 is 5.76. The third-order valence-electron chi connectivity index (χ3n) is 1.95. The molecule has 0 radical (unpaired) electrons. The van der Waals surface area contributed by atoms with Crippen LogP contribution in [-0.4, -0.2) is 14.9 Å². The van der Waals surface area contributed by atoms with E-state index in [1.807, 2.05) is 12.2 Å². The zero-order chi connectivity index (χ0) is 10.8. The smallest absolute Gasteiger partial charge is 0.183 e. The second-order valence-electron chi connectivity index (χ2n) is 4.44. The molecular weight excluding hydrogens is 235 g/mol. The second-order valence-corrected chi connectivity index (χ2v) is 9.82. The number of rotatable bonds is 4. The molecule has 0 saturated heterocycles. The lowest BCUT2D eigenvalue weighted by molar-refractivity contribution is 0.295. The van der Waals surface area contributed by atoms with E-state index in [2.05, 4.69) is 19.6 Å². The molecule has 0 amide bonds. The van der Waals surface area contributed by atoms with Crippen LogP contribution in [0.4, 0.5) is 0 Å². The molecule has 4 heteroatoms. The monoisotopic (exact) mass is 250 g/mol. The Balaban J connectivity index is 2.31. The largest absolute Gasteiger partial charge is 0.418 e. The van der Waals surface area contributed by atoms with Gasteiger partial charge in [-0.05, 0) is 32.1 Å². The van der Waals surface area contributed by atoms with Gasteiger partial charge in [-0.25, -0.2) is 0 Å². The van der Waals surface area contributed by atoms with Crippen molar-refractivity contribution in [2.75, 3.05) is 6.61 Å². The SMILES string of the molecule is C[Si](C)(C)OCCC1C=C(Cl)C=C1Cl. The molecule has 1 aliphatic carbocycles. The molecule has 0 aliphatic heterocycles. The third kappa shape index (κ3) is 4.18. The first kappa shape index (κ1) is 12.3. The van der Waals surface area contributed by atoms with Gasteiger partial charge >= 0.3 is 0 Å². The minimum Gasteiger partial charge on any atom is -0.418 e. The zero-order valence-corrected chi connectivity index (χ0v) is 11.3. The fraction of sp³-hybridized carbons (Fsp3) is 0.600. The van der Waals surface area contributed by atoms with E-state index in [4.69, 9.17) is 27.6 Å². The van der Waals surface area contributed by atoms with Gasteiger partial charge in [0.05, 0.1) is 0 Å². The fourth-order valence-corrected chi connectivity index (χ4v) is 2.62. The predicted octanol–water partition coefficient (Wildman–Crippen LogP) is 4.10. The van der Waals surface area contributed by atoms with Gasteiger partial charge in [-0.2, -0.15) is 0 Å². The van der Waals surface area contributed by atoms with E-state index < -0.39 is 8.32 Å². The molecule has 1 rings (SSSR count). The van der Waals surface area contributed by atoms with Crippen molar-refractivity contribution in [1.82, 2.24) is 0 Å². The van der Waals surface area contributed by atoms with Crippen molar-refractivity contribution in [2.24, 2.45) is 5.92 Å². The first-order chi connectivity index (χ1) is 6.38. The molecule has 14 heavy (non-hydrogen) atoms. The van der Waals surface area contributed by atoms with Gasteiger partial charge in [0.1, 0.15) is 0 Å². The van der Waals surface area contributed by atoms with Crippen LogP contribution in [0.2, 0.25) is 19.6 Å². The Labute approximate surface area is 96.9 Å². The molecule has 0 saturated carbocycles. The van der Waals surface area contributed by atoms with Crippen LogP contribution in [0.25, 0.3) is 0 Å². The van der Waals surface area contributed by atoms with Crippen LogP contribution in [-0.2, 0) is 4.43 Å². The van der Waals surface area contributed by atoms with Crippen molar-refractivity contribution < 1.29 is 4.43 Å². The lowest BCUT2D eigenvalue weighted by Crippen LogP contribution is -2.26. The van der Waals surface area contributed by atoms with Gasteiger partial charge in [0, 0.05) is 22.6 Å². The van der Waals surface area contributed by atoms with Crippen molar-refractivity contribution in [3.8, 4) is 0 Å². The molecule has 1 unspecified atom stereocenters. The summed E-state index contributed by atoms with van der Waals surface area (Å²) in [5.74, 6) is 0.264. The van der Waals surface area contributed by atoms with Gasteiger partial charge in [-0.15, -0.1) is 0 Å². The van der Waals surface area contributed by atoms with Crippen LogP contribution in [0, 0.1) is 5.92 Å². The number of hydrogen-bond donors (Lipinski definition) is 0. The summed E-state index contributed by atoms with van der Waals surface area (Å²) in [6.45, 7) is 7.32. The number of allylic oxidation sites excluding steroid dienone is 4. The van der Waals surface area contributed by atoms with Crippen LogP contribution in [0.15, 0.2) is 22.2 Å². The van der Waals surface area contributed by atoms with Gasteiger partial charge < -0.3 is 4.43 Å². The van der Waals surface area contributed by atoms with E-state index in [9.17, 15) is 0 Å². The molecule has 0 bridgehead atoms. The third-order valence-corrected chi connectivity index (χ3v) is 3.65. The summed E-state index contributed by atoms with van der Waals surface area (Å²) in [5.41, 5.74) is 0. The maximum atomic E-state index is 6.00. The molecule has 0 aromatic heterocycles. The van der Waals surface area contributed by atoms with E-state index in [0.717, 1.165) is 23.1 Å². The van der Waals surface area contributed by atoms with E-state index in [-0.39, 0.29) is 5.92 Å². The summed E-state index contributed by atoms with van der Waals surface area (Å²) in [5, 5.41) is 1.57. The molecule has 1 nitrogen and oxygen atoms in total. The van der Waals surface area contributed by atoms with E-state index in [1.54, 1.807) is 0 Å². The molecule has 0 fully saturated rings. The highest BCUT2D eigenvalue weighted by Crippen LogP contribution is 2.31. The van der Waals surface area contributed by atoms with Gasteiger partial charge in [-0.3, -0.25) is 0 Å². The second kappa shape index (κ2) is 4.84. The maximum absolute atomic E-state index is 6.00. The Kier molecular flexibility index (Phi) is 4.25. The predicted molar refractivity (Wildman–Crippen MR) is 65.3 cm³/mol. The van der Waals surface area contributed by atoms with Crippen LogP contribution in [0.3, 0.4) is 0 Å². The topological polar surface area (TPSA) is 9.23 Å². The summed E-state index contributed by atoms with van der Waals surface area (Å²) >= 11 is 11.8. The normalized spacial score (nSPS) is 22.2. The average Bonchev–Trinajstić information content (AvgIpc) is 2.27. The zero-order valence-electron chi connectivity index (χ0n) is 8.81. The molecule has 0 N–H and O–H groups in total. The van der Waals surface area contributed by atoms with Crippen LogP contribution in [0.1, 0.15) is 6.42 Å². The summed E-state index contributed by atoms with van der Waals surface area (Å²) in [4.78, 5) is 0. The minimum absolute atomic E-state index is 0.264. The standard InChI is InChI=1S/C10H16Cl2OSi/c1-14(2,3)13-5-4-8-6-9(11)7-10(8)12/h6-8H,4-5H2,1-3H3. The first-order valence-corrected chi connectivity index (χ1v) is 8.93. The summed E-state index contributed by atoms with van der Waals surface area (Å²) in [6.07, 6.45) is 4.72. The lowest BCUT2D eigenvalue weighted by atomic mass is 10.1. The average molecular weight is 251 g/mol. The highest BCUT2D eigenvalue weighted by Gasteiger charge is 2.19. The van der Waals surface area contributed by atoms with E-state index in [0.29, 0.717) is 0 Å².